The van der Waals surface area contributed by atoms with Gasteiger partial charge in [-0.2, -0.15) is 0 Å². The number of anilines is 1. The molecule has 1 fully saturated rings. The van der Waals surface area contributed by atoms with Gasteiger partial charge in [0.15, 0.2) is 17.0 Å². The van der Waals surface area contributed by atoms with Crippen LogP contribution in [0.15, 0.2) is 43.0 Å². The molecule has 1 saturated heterocycles. The molecule has 130 valence electrons. The number of piperazine rings is 1. The number of hydrogen-bond acceptors (Lipinski definition) is 5. The first-order chi connectivity index (χ1) is 12.3. The molecular formula is C19H24N6. The summed E-state index contributed by atoms with van der Waals surface area (Å²) in [6.07, 6.45) is 4.57. The Morgan fingerprint density at radius 1 is 1.08 bits per heavy atom. The Morgan fingerprint density at radius 3 is 2.72 bits per heavy atom. The molecule has 0 bridgehead atoms. The van der Waals surface area contributed by atoms with Crippen LogP contribution in [0.1, 0.15) is 12.5 Å². The van der Waals surface area contributed by atoms with Gasteiger partial charge in [-0.15, -0.1) is 0 Å². The summed E-state index contributed by atoms with van der Waals surface area (Å²) < 4.78 is 2.07. The normalized spacial score (nSPS) is 18.8. The lowest BCUT2D eigenvalue weighted by Gasteiger charge is -2.40. The van der Waals surface area contributed by atoms with Gasteiger partial charge in [0.05, 0.1) is 6.33 Å². The molecule has 0 saturated carbocycles. The number of rotatable bonds is 4. The van der Waals surface area contributed by atoms with Crippen LogP contribution >= 0.6 is 0 Å². The number of aromatic nitrogens is 4. The van der Waals surface area contributed by atoms with Crippen molar-refractivity contribution in [3.8, 4) is 0 Å². The lowest BCUT2D eigenvalue weighted by atomic mass is 10.0. The van der Waals surface area contributed by atoms with E-state index in [4.69, 9.17) is 0 Å². The van der Waals surface area contributed by atoms with E-state index in [1.807, 2.05) is 6.33 Å². The van der Waals surface area contributed by atoms with Crippen LogP contribution in [0.4, 0.5) is 5.82 Å². The molecule has 0 radical (unpaired) electrons. The Morgan fingerprint density at radius 2 is 1.92 bits per heavy atom. The van der Waals surface area contributed by atoms with Crippen LogP contribution < -0.4 is 4.90 Å². The highest BCUT2D eigenvalue weighted by atomic mass is 15.3. The predicted octanol–water partition coefficient (Wildman–Crippen LogP) is 2.21. The number of aryl methyl sites for hydroxylation is 1. The van der Waals surface area contributed by atoms with Crippen LogP contribution in [0.3, 0.4) is 0 Å². The van der Waals surface area contributed by atoms with Crippen molar-refractivity contribution in [2.45, 2.75) is 25.9 Å². The standard InChI is InChI=1S/C19H24N6/c1-3-24-14-22-17-18(24)20-13-21-19(17)25-10-9-23(2)16(12-25)11-15-7-5-4-6-8-15/h4-8,13-14,16H,3,9-12H2,1-2H3/t16-/m1/s1. The predicted molar refractivity (Wildman–Crippen MR) is 99.8 cm³/mol. The number of imidazole rings is 1. The Hall–Kier alpha value is -2.47. The van der Waals surface area contributed by atoms with E-state index >= 15 is 0 Å². The smallest absolute Gasteiger partial charge is 0.165 e. The topological polar surface area (TPSA) is 50.1 Å². The molecule has 25 heavy (non-hydrogen) atoms. The lowest BCUT2D eigenvalue weighted by Crippen LogP contribution is -2.52. The fourth-order valence-electron chi connectivity index (χ4n) is 3.58. The van der Waals surface area contributed by atoms with E-state index in [0.717, 1.165) is 49.6 Å². The number of likely N-dealkylation sites (N-methyl/N-ethyl adjacent to an activating group) is 1. The zero-order valence-corrected chi connectivity index (χ0v) is 14.8. The molecule has 1 aliphatic heterocycles. The summed E-state index contributed by atoms with van der Waals surface area (Å²) in [5.74, 6) is 0.961. The molecule has 2 aromatic heterocycles. The zero-order valence-electron chi connectivity index (χ0n) is 14.8. The molecule has 6 heteroatoms. The summed E-state index contributed by atoms with van der Waals surface area (Å²) in [4.78, 5) is 18.4. The van der Waals surface area contributed by atoms with Gasteiger partial charge in [0.1, 0.15) is 6.33 Å². The molecular weight excluding hydrogens is 312 g/mol. The molecule has 3 heterocycles. The third kappa shape index (κ3) is 3.09. The molecule has 1 aliphatic rings. The first-order valence-electron chi connectivity index (χ1n) is 8.91. The first kappa shape index (κ1) is 16.0. The second-order valence-corrected chi connectivity index (χ2v) is 6.67. The largest absolute Gasteiger partial charge is 0.352 e. The highest BCUT2D eigenvalue weighted by molar-refractivity contribution is 5.83. The maximum atomic E-state index is 4.58. The monoisotopic (exact) mass is 336 g/mol. The van der Waals surface area contributed by atoms with Gasteiger partial charge >= 0.3 is 0 Å². The molecule has 4 rings (SSSR count). The van der Waals surface area contributed by atoms with Gasteiger partial charge in [-0.25, -0.2) is 15.0 Å². The van der Waals surface area contributed by atoms with Crippen molar-refractivity contribution in [1.82, 2.24) is 24.4 Å². The van der Waals surface area contributed by atoms with E-state index in [9.17, 15) is 0 Å². The van der Waals surface area contributed by atoms with Crippen molar-refractivity contribution in [1.29, 1.82) is 0 Å². The van der Waals surface area contributed by atoms with Crippen LogP contribution in [0, 0.1) is 0 Å². The van der Waals surface area contributed by atoms with E-state index < -0.39 is 0 Å². The minimum atomic E-state index is 0.467. The van der Waals surface area contributed by atoms with Crippen molar-refractivity contribution >= 4 is 17.0 Å². The maximum absolute atomic E-state index is 4.58. The first-order valence-corrected chi connectivity index (χ1v) is 8.91. The Labute approximate surface area is 148 Å². The summed E-state index contributed by atoms with van der Waals surface area (Å²) in [5.41, 5.74) is 3.21. The average molecular weight is 336 g/mol. The van der Waals surface area contributed by atoms with E-state index in [1.165, 1.54) is 5.56 Å². The van der Waals surface area contributed by atoms with Gasteiger partial charge in [-0.1, -0.05) is 30.3 Å². The minimum absolute atomic E-state index is 0.467. The van der Waals surface area contributed by atoms with E-state index in [0.29, 0.717) is 6.04 Å². The molecule has 0 spiro atoms. The van der Waals surface area contributed by atoms with Gasteiger partial charge in [0.25, 0.3) is 0 Å². The summed E-state index contributed by atoms with van der Waals surface area (Å²) in [6, 6.07) is 11.2. The number of hydrogen-bond donors (Lipinski definition) is 0. The molecule has 3 aromatic rings. The number of benzene rings is 1. The highest BCUT2D eigenvalue weighted by Crippen LogP contribution is 2.24. The lowest BCUT2D eigenvalue weighted by molar-refractivity contribution is 0.217. The van der Waals surface area contributed by atoms with Gasteiger partial charge in [-0.05, 0) is 26.0 Å². The van der Waals surface area contributed by atoms with Crippen LogP contribution in [-0.4, -0.2) is 57.1 Å². The van der Waals surface area contributed by atoms with Crippen molar-refractivity contribution in [2.75, 3.05) is 31.6 Å². The quantitative estimate of drug-likeness (QED) is 0.731. The summed E-state index contributed by atoms with van der Waals surface area (Å²) in [6.45, 7) is 5.92. The molecule has 0 amide bonds. The zero-order chi connectivity index (χ0) is 17.2. The van der Waals surface area contributed by atoms with Gasteiger partial charge in [-0.3, -0.25) is 4.90 Å². The molecule has 0 N–H and O–H groups in total. The molecule has 0 aliphatic carbocycles. The Balaban J connectivity index is 1.60. The summed E-state index contributed by atoms with van der Waals surface area (Å²) >= 11 is 0. The number of fused-ring (bicyclic) bond motifs is 1. The van der Waals surface area contributed by atoms with E-state index in [1.54, 1.807) is 6.33 Å². The Bertz CT molecular complexity index is 844. The second kappa shape index (κ2) is 6.80. The van der Waals surface area contributed by atoms with Crippen molar-refractivity contribution < 1.29 is 0 Å². The summed E-state index contributed by atoms with van der Waals surface area (Å²) in [7, 11) is 2.21. The van der Waals surface area contributed by atoms with Crippen molar-refractivity contribution in [3.05, 3.63) is 48.5 Å². The van der Waals surface area contributed by atoms with Crippen LogP contribution in [0.25, 0.3) is 11.2 Å². The van der Waals surface area contributed by atoms with Crippen molar-refractivity contribution in [3.63, 3.8) is 0 Å². The number of nitrogens with zero attached hydrogens (tertiary/aromatic N) is 6. The molecule has 0 unspecified atom stereocenters. The van der Waals surface area contributed by atoms with Crippen LogP contribution in [0.5, 0.6) is 0 Å². The molecule has 6 nitrogen and oxygen atoms in total. The summed E-state index contributed by atoms with van der Waals surface area (Å²) in [5, 5.41) is 0. The van der Waals surface area contributed by atoms with Gasteiger partial charge < -0.3 is 9.47 Å². The third-order valence-electron chi connectivity index (χ3n) is 5.11. The fraction of sp³-hybridized carbons (Fsp3) is 0.421. The average Bonchev–Trinajstić information content (AvgIpc) is 3.08. The molecule has 1 atom stereocenters. The van der Waals surface area contributed by atoms with E-state index in [2.05, 4.69) is 73.6 Å². The third-order valence-corrected chi connectivity index (χ3v) is 5.11. The van der Waals surface area contributed by atoms with Crippen LogP contribution in [-0.2, 0) is 13.0 Å². The maximum Gasteiger partial charge on any atom is 0.165 e. The van der Waals surface area contributed by atoms with Gasteiger partial charge in [0.2, 0.25) is 0 Å². The van der Waals surface area contributed by atoms with Crippen LogP contribution in [0.2, 0.25) is 0 Å². The van der Waals surface area contributed by atoms with Crippen molar-refractivity contribution in [2.24, 2.45) is 0 Å². The second-order valence-electron chi connectivity index (χ2n) is 6.67. The highest BCUT2D eigenvalue weighted by Gasteiger charge is 2.27. The van der Waals surface area contributed by atoms with Gasteiger partial charge in [0, 0.05) is 32.2 Å². The molecule has 1 aromatic carbocycles. The minimum Gasteiger partial charge on any atom is -0.352 e. The Kier molecular flexibility index (Phi) is 4.36. The van der Waals surface area contributed by atoms with E-state index in [-0.39, 0.29) is 0 Å². The fourth-order valence-corrected chi connectivity index (χ4v) is 3.58. The SMILES string of the molecule is CCn1cnc2c(N3CCN(C)[C@H](Cc4ccccc4)C3)ncnc21.